The van der Waals surface area contributed by atoms with Gasteiger partial charge in [-0.2, -0.15) is 0 Å². The van der Waals surface area contributed by atoms with E-state index in [1.165, 1.54) is 18.9 Å². The lowest BCUT2D eigenvalue weighted by atomic mass is 10.2. The van der Waals surface area contributed by atoms with E-state index >= 15 is 0 Å². The van der Waals surface area contributed by atoms with Crippen LogP contribution in [0.25, 0.3) is 0 Å². The number of thioether (sulfide) groups is 1. The number of hydrogen-bond acceptors (Lipinski definition) is 4. The maximum atomic E-state index is 11.5. The van der Waals surface area contributed by atoms with E-state index in [0.717, 1.165) is 0 Å². The highest BCUT2D eigenvalue weighted by molar-refractivity contribution is 8.01. The monoisotopic (exact) mass is 283 g/mol. The van der Waals surface area contributed by atoms with Gasteiger partial charge in [-0.05, 0) is 26.0 Å². The highest BCUT2D eigenvalue weighted by Gasteiger charge is 2.29. The molecule has 0 atom stereocenters. The van der Waals surface area contributed by atoms with E-state index in [1.807, 2.05) is 0 Å². The summed E-state index contributed by atoms with van der Waals surface area (Å²) >= 11 is 1.19. The fraction of sp³-hybridized carbons (Fsp3) is 0.385. The lowest BCUT2D eigenvalue weighted by Crippen LogP contribution is -2.27. The molecule has 5 nitrogen and oxygen atoms in total. The summed E-state index contributed by atoms with van der Waals surface area (Å²) < 4.78 is 3.77. The van der Waals surface area contributed by atoms with Gasteiger partial charge in [0.25, 0.3) is 0 Å². The molecule has 1 aromatic carbocycles. The largest absolute Gasteiger partial charge is 0.480 e. The number of ether oxygens (including phenoxy) is 1. The van der Waals surface area contributed by atoms with Crippen molar-refractivity contribution in [1.82, 2.24) is 0 Å². The maximum Gasteiger partial charge on any atom is 0.319 e. The van der Waals surface area contributed by atoms with Crippen LogP contribution in [-0.2, 0) is 14.3 Å². The molecule has 6 heteroatoms. The highest BCUT2D eigenvalue weighted by atomic mass is 32.2. The summed E-state index contributed by atoms with van der Waals surface area (Å²) in [5.41, 5.74) is 0.587. The molecule has 0 spiro atoms. The lowest BCUT2D eigenvalue weighted by molar-refractivity contribution is -0.138. The van der Waals surface area contributed by atoms with Gasteiger partial charge in [-0.1, -0.05) is 12.1 Å². The van der Waals surface area contributed by atoms with Gasteiger partial charge in [-0.3, -0.25) is 9.59 Å². The second kappa shape index (κ2) is 6.58. The van der Waals surface area contributed by atoms with Crippen molar-refractivity contribution in [3.8, 4) is 0 Å². The van der Waals surface area contributed by atoms with Crippen molar-refractivity contribution in [3.05, 3.63) is 24.3 Å². The number of amides is 1. The summed E-state index contributed by atoms with van der Waals surface area (Å²) in [4.78, 5) is 23.3. The van der Waals surface area contributed by atoms with Crippen molar-refractivity contribution >= 4 is 29.3 Å². The smallest absolute Gasteiger partial charge is 0.319 e. The van der Waals surface area contributed by atoms with Gasteiger partial charge in [0.1, 0.15) is 11.4 Å². The van der Waals surface area contributed by atoms with Gasteiger partial charge in [0, 0.05) is 12.0 Å². The Labute approximate surface area is 116 Å². The van der Waals surface area contributed by atoms with Crippen LogP contribution in [0.3, 0.4) is 0 Å². The molecule has 1 rings (SSSR count). The predicted octanol–water partition coefficient (Wildman–Crippen LogP) is 2.23. The van der Waals surface area contributed by atoms with Gasteiger partial charge in [0.15, 0.2) is 0 Å². The molecule has 0 fully saturated rings. The van der Waals surface area contributed by atoms with Crippen LogP contribution in [0.4, 0.5) is 5.69 Å². The normalized spacial score (nSPS) is 11.1. The van der Waals surface area contributed by atoms with E-state index < -0.39 is 10.7 Å². The first-order chi connectivity index (χ1) is 8.86. The number of benzene rings is 1. The summed E-state index contributed by atoms with van der Waals surface area (Å²) in [6.45, 7) is 3.20. The fourth-order valence-corrected chi connectivity index (χ4v) is 2.31. The first kappa shape index (κ1) is 15.5. The Bertz CT molecular complexity index is 473. The van der Waals surface area contributed by atoms with Gasteiger partial charge in [0.2, 0.25) is 5.91 Å². The molecule has 1 amide bonds. The fourth-order valence-electron chi connectivity index (χ4n) is 1.29. The van der Waals surface area contributed by atoms with E-state index in [4.69, 9.17) is 9.84 Å². The van der Waals surface area contributed by atoms with Crippen LogP contribution in [0.1, 0.15) is 13.8 Å². The van der Waals surface area contributed by atoms with Gasteiger partial charge in [0.05, 0.1) is 5.69 Å². The van der Waals surface area contributed by atoms with Crippen LogP contribution >= 0.6 is 11.8 Å². The third-order valence-corrected chi connectivity index (χ3v) is 3.58. The number of hydrogen-bond donors (Lipinski definition) is 2. The van der Waals surface area contributed by atoms with Gasteiger partial charge in [-0.25, -0.2) is 0 Å². The SMILES string of the molecule is COCC(=O)Nc1ccccc1SC(C)(C)C(=O)O. The number of carbonyl (C=O) groups is 2. The second-order valence-corrected chi connectivity index (χ2v) is 6.06. The Morgan fingerprint density at radius 2 is 2.00 bits per heavy atom. The number of carboxylic acid groups (broad SMARTS) is 1. The third-order valence-electron chi connectivity index (χ3n) is 2.32. The number of carbonyl (C=O) groups excluding carboxylic acids is 1. The Kier molecular flexibility index (Phi) is 5.38. The molecular formula is C13H17NO4S. The molecule has 2 N–H and O–H groups in total. The van der Waals surface area contributed by atoms with Crippen molar-refractivity contribution in [2.75, 3.05) is 19.0 Å². The van der Waals surface area contributed by atoms with Crippen LogP contribution in [0.15, 0.2) is 29.2 Å². The first-order valence-electron chi connectivity index (χ1n) is 5.67. The molecule has 0 heterocycles. The summed E-state index contributed by atoms with van der Waals surface area (Å²) in [5.74, 6) is -1.18. The third kappa shape index (κ3) is 4.57. The number of para-hydroxylation sites is 1. The molecule has 0 aliphatic rings. The minimum Gasteiger partial charge on any atom is -0.480 e. The number of aliphatic carboxylic acids is 1. The lowest BCUT2D eigenvalue weighted by Gasteiger charge is -2.20. The molecule has 0 aliphatic heterocycles. The van der Waals surface area contributed by atoms with Crippen LogP contribution < -0.4 is 5.32 Å². The van der Waals surface area contributed by atoms with Crippen LogP contribution in [0, 0.1) is 0 Å². The average molecular weight is 283 g/mol. The van der Waals surface area contributed by atoms with Crippen molar-refractivity contribution in [2.45, 2.75) is 23.5 Å². The summed E-state index contributed by atoms with van der Waals surface area (Å²) in [6, 6.07) is 7.08. The topological polar surface area (TPSA) is 75.6 Å². The molecule has 0 saturated carbocycles. The zero-order valence-electron chi connectivity index (χ0n) is 11.1. The Morgan fingerprint density at radius 1 is 1.37 bits per heavy atom. The Morgan fingerprint density at radius 3 is 2.58 bits per heavy atom. The molecule has 0 aromatic heterocycles. The Balaban J connectivity index is 2.90. The van der Waals surface area contributed by atoms with Crippen molar-refractivity contribution in [3.63, 3.8) is 0 Å². The van der Waals surface area contributed by atoms with Gasteiger partial charge >= 0.3 is 5.97 Å². The molecule has 104 valence electrons. The second-order valence-electron chi connectivity index (χ2n) is 4.39. The number of nitrogens with one attached hydrogen (secondary N) is 1. The van der Waals surface area contributed by atoms with E-state index in [9.17, 15) is 9.59 Å². The molecule has 0 radical (unpaired) electrons. The predicted molar refractivity (Wildman–Crippen MR) is 74.5 cm³/mol. The quantitative estimate of drug-likeness (QED) is 0.783. The van der Waals surface area contributed by atoms with Crippen molar-refractivity contribution < 1.29 is 19.4 Å². The zero-order chi connectivity index (χ0) is 14.5. The zero-order valence-corrected chi connectivity index (χ0v) is 11.9. The Hall–Kier alpha value is -1.53. The van der Waals surface area contributed by atoms with Crippen LogP contribution in [-0.4, -0.2) is 35.4 Å². The number of carboxylic acids is 1. The van der Waals surface area contributed by atoms with Crippen molar-refractivity contribution in [1.29, 1.82) is 0 Å². The number of anilines is 1. The number of rotatable bonds is 6. The van der Waals surface area contributed by atoms with Crippen molar-refractivity contribution in [2.24, 2.45) is 0 Å². The van der Waals surface area contributed by atoms with E-state index in [1.54, 1.807) is 38.1 Å². The minimum absolute atomic E-state index is 0.0404. The summed E-state index contributed by atoms with van der Waals surface area (Å²) in [5, 5.41) is 11.8. The first-order valence-corrected chi connectivity index (χ1v) is 6.48. The van der Waals surface area contributed by atoms with Gasteiger partial charge in [-0.15, -0.1) is 11.8 Å². The van der Waals surface area contributed by atoms with Gasteiger partial charge < -0.3 is 15.2 Å². The average Bonchev–Trinajstić information content (AvgIpc) is 2.31. The highest BCUT2D eigenvalue weighted by Crippen LogP contribution is 2.37. The van der Waals surface area contributed by atoms with E-state index in [0.29, 0.717) is 10.6 Å². The number of methoxy groups -OCH3 is 1. The summed E-state index contributed by atoms with van der Waals surface area (Å²) in [7, 11) is 1.44. The minimum atomic E-state index is -0.970. The molecule has 1 aromatic rings. The molecule has 0 saturated heterocycles. The molecule has 0 bridgehead atoms. The standard InChI is InChI=1S/C13H17NO4S/c1-13(2,12(16)17)19-10-7-5-4-6-9(10)14-11(15)8-18-3/h4-7H,8H2,1-3H3,(H,14,15)(H,16,17). The molecule has 19 heavy (non-hydrogen) atoms. The molecule has 0 unspecified atom stereocenters. The van der Waals surface area contributed by atoms with Crippen LogP contribution in [0.2, 0.25) is 0 Å². The molecule has 0 aliphatic carbocycles. The van der Waals surface area contributed by atoms with E-state index in [-0.39, 0.29) is 12.5 Å². The molecular weight excluding hydrogens is 266 g/mol. The van der Waals surface area contributed by atoms with E-state index in [2.05, 4.69) is 5.32 Å². The van der Waals surface area contributed by atoms with Crippen LogP contribution in [0.5, 0.6) is 0 Å². The maximum absolute atomic E-state index is 11.5. The summed E-state index contributed by atoms with van der Waals surface area (Å²) in [6.07, 6.45) is 0.